The van der Waals surface area contributed by atoms with Gasteiger partial charge in [-0.1, -0.05) is 83.8 Å². The number of carbonyl (C=O) groups is 1. The molecule has 0 aromatic heterocycles. The lowest BCUT2D eigenvalue weighted by Gasteiger charge is -2.26. The van der Waals surface area contributed by atoms with Gasteiger partial charge < -0.3 is 10.1 Å². The lowest BCUT2D eigenvalue weighted by atomic mass is 9.78. The smallest absolute Gasteiger partial charge is 0.265 e. The van der Waals surface area contributed by atoms with E-state index < -0.39 is 6.10 Å². The van der Waals surface area contributed by atoms with Crippen molar-refractivity contribution in [2.45, 2.75) is 32.3 Å². The number of benzene rings is 3. The molecule has 0 saturated heterocycles. The molecule has 29 heavy (non-hydrogen) atoms. The highest BCUT2D eigenvalue weighted by Crippen LogP contribution is 2.32. The van der Waals surface area contributed by atoms with E-state index in [1.54, 1.807) is 19.1 Å². The summed E-state index contributed by atoms with van der Waals surface area (Å²) in [4.78, 5) is 12.5. The Morgan fingerprint density at radius 2 is 1.62 bits per heavy atom. The van der Waals surface area contributed by atoms with Crippen LogP contribution in [0.25, 0.3) is 0 Å². The van der Waals surface area contributed by atoms with Gasteiger partial charge in [0.1, 0.15) is 5.75 Å². The molecule has 5 heteroatoms. The normalized spacial score (nSPS) is 12.3. The second-order valence-electron chi connectivity index (χ2n) is 7.39. The molecule has 0 radical (unpaired) electrons. The number of hydrogen-bond donors (Lipinski definition) is 1. The molecule has 0 aliphatic carbocycles. The lowest BCUT2D eigenvalue weighted by Crippen LogP contribution is -2.30. The fourth-order valence-electron chi connectivity index (χ4n) is 3.05. The predicted molar refractivity (Wildman–Crippen MR) is 123 cm³/mol. The molecule has 3 aromatic rings. The topological polar surface area (TPSA) is 38.3 Å². The van der Waals surface area contributed by atoms with Crippen molar-refractivity contribution in [2.75, 3.05) is 5.32 Å². The third-order valence-corrected chi connectivity index (χ3v) is 5.75. The average Bonchev–Trinajstić information content (AvgIpc) is 2.71. The quantitative estimate of drug-likeness (QED) is 0.427. The standard InChI is InChI=1S/C24H23BrClNO2/c1-16(23(28)27-22-14-11-19(25)15-21(22)26)29-20-12-9-18(10-13-20)24(2,3)17-7-5-4-6-8-17/h4-16H,1-3H3,(H,27,28). The van der Waals surface area contributed by atoms with Gasteiger partial charge in [0.05, 0.1) is 10.7 Å². The van der Waals surface area contributed by atoms with Crippen LogP contribution in [0, 0.1) is 0 Å². The fraction of sp³-hybridized carbons (Fsp3) is 0.208. The second kappa shape index (κ2) is 9.02. The predicted octanol–water partition coefficient (Wildman–Crippen LogP) is 6.83. The van der Waals surface area contributed by atoms with Crippen molar-refractivity contribution in [2.24, 2.45) is 0 Å². The van der Waals surface area contributed by atoms with E-state index in [1.165, 1.54) is 11.1 Å². The van der Waals surface area contributed by atoms with E-state index in [2.05, 4.69) is 47.2 Å². The Labute approximate surface area is 185 Å². The van der Waals surface area contributed by atoms with Gasteiger partial charge in [-0.3, -0.25) is 4.79 Å². The first-order valence-corrected chi connectivity index (χ1v) is 10.5. The maximum absolute atomic E-state index is 12.5. The van der Waals surface area contributed by atoms with Crippen LogP contribution in [-0.4, -0.2) is 12.0 Å². The minimum atomic E-state index is -0.664. The first-order valence-electron chi connectivity index (χ1n) is 9.36. The Morgan fingerprint density at radius 1 is 1.00 bits per heavy atom. The Morgan fingerprint density at radius 3 is 2.24 bits per heavy atom. The molecule has 3 nitrogen and oxygen atoms in total. The Balaban J connectivity index is 1.66. The van der Waals surface area contributed by atoms with Gasteiger partial charge in [0.15, 0.2) is 6.10 Å². The van der Waals surface area contributed by atoms with Crippen LogP contribution in [0.3, 0.4) is 0 Å². The SMILES string of the molecule is CC(Oc1ccc(C(C)(C)c2ccccc2)cc1)C(=O)Nc1ccc(Br)cc1Cl. The van der Waals surface area contributed by atoms with Crippen molar-refractivity contribution < 1.29 is 9.53 Å². The Bertz CT molecular complexity index is 988. The van der Waals surface area contributed by atoms with Crippen LogP contribution in [0.2, 0.25) is 5.02 Å². The third kappa shape index (κ3) is 5.20. The molecule has 0 fully saturated rings. The number of rotatable bonds is 6. The summed E-state index contributed by atoms with van der Waals surface area (Å²) >= 11 is 9.51. The average molecular weight is 473 g/mol. The largest absolute Gasteiger partial charge is 0.481 e. The molecular weight excluding hydrogens is 450 g/mol. The van der Waals surface area contributed by atoms with E-state index in [9.17, 15) is 4.79 Å². The van der Waals surface area contributed by atoms with Crippen LogP contribution in [0.4, 0.5) is 5.69 Å². The molecule has 150 valence electrons. The highest BCUT2D eigenvalue weighted by atomic mass is 79.9. The number of hydrogen-bond acceptors (Lipinski definition) is 2. The molecule has 0 bridgehead atoms. The van der Waals surface area contributed by atoms with E-state index in [-0.39, 0.29) is 11.3 Å². The zero-order chi connectivity index (χ0) is 21.0. The maximum atomic E-state index is 12.5. The molecule has 1 atom stereocenters. The second-order valence-corrected chi connectivity index (χ2v) is 8.71. The number of ether oxygens (including phenoxy) is 1. The summed E-state index contributed by atoms with van der Waals surface area (Å²) in [6, 6.07) is 23.6. The Hall–Kier alpha value is -2.30. The molecule has 3 rings (SSSR count). The van der Waals surface area contributed by atoms with Gasteiger partial charge in [-0.2, -0.15) is 0 Å². The highest BCUT2D eigenvalue weighted by molar-refractivity contribution is 9.10. The zero-order valence-corrected chi connectivity index (χ0v) is 18.9. The minimum Gasteiger partial charge on any atom is -0.481 e. The summed E-state index contributed by atoms with van der Waals surface area (Å²) in [6.07, 6.45) is -0.664. The molecule has 1 unspecified atom stereocenters. The maximum Gasteiger partial charge on any atom is 0.265 e. The molecule has 0 spiro atoms. The minimum absolute atomic E-state index is 0.124. The summed E-state index contributed by atoms with van der Waals surface area (Å²) in [7, 11) is 0. The molecule has 1 amide bonds. The molecule has 3 aromatic carbocycles. The molecule has 0 aliphatic heterocycles. The lowest BCUT2D eigenvalue weighted by molar-refractivity contribution is -0.122. The van der Waals surface area contributed by atoms with Crippen molar-refractivity contribution >= 4 is 39.1 Å². The summed E-state index contributed by atoms with van der Waals surface area (Å²) in [5.41, 5.74) is 2.85. The van der Waals surface area contributed by atoms with Crippen LogP contribution in [0.15, 0.2) is 77.3 Å². The van der Waals surface area contributed by atoms with Crippen molar-refractivity contribution in [3.63, 3.8) is 0 Å². The third-order valence-electron chi connectivity index (χ3n) is 4.94. The number of carbonyl (C=O) groups excluding carboxylic acids is 1. The van der Waals surface area contributed by atoms with Gasteiger partial charge in [-0.05, 0) is 48.4 Å². The molecule has 0 aliphatic rings. The van der Waals surface area contributed by atoms with Gasteiger partial charge in [-0.15, -0.1) is 0 Å². The van der Waals surface area contributed by atoms with Crippen LogP contribution in [-0.2, 0) is 10.2 Å². The molecule has 1 N–H and O–H groups in total. The van der Waals surface area contributed by atoms with E-state index in [1.807, 2.05) is 48.5 Å². The van der Waals surface area contributed by atoms with E-state index >= 15 is 0 Å². The molecule has 0 saturated carbocycles. The van der Waals surface area contributed by atoms with E-state index in [4.69, 9.17) is 16.3 Å². The van der Waals surface area contributed by atoms with Crippen LogP contribution >= 0.6 is 27.5 Å². The van der Waals surface area contributed by atoms with Crippen LogP contribution in [0.1, 0.15) is 31.9 Å². The van der Waals surface area contributed by atoms with Gasteiger partial charge in [-0.25, -0.2) is 0 Å². The van der Waals surface area contributed by atoms with Crippen molar-refractivity contribution in [3.8, 4) is 5.75 Å². The van der Waals surface area contributed by atoms with Gasteiger partial charge in [0.25, 0.3) is 5.91 Å². The number of halogens is 2. The van der Waals surface area contributed by atoms with Crippen LogP contribution < -0.4 is 10.1 Å². The Kier molecular flexibility index (Phi) is 6.66. The first kappa shape index (κ1) is 21.4. The molecule has 0 heterocycles. The number of anilines is 1. The molecular formula is C24H23BrClNO2. The van der Waals surface area contributed by atoms with Gasteiger partial charge >= 0.3 is 0 Å². The van der Waals surface area contributed by atoms with Gasteiger partial charge in [0, 0.05) is 9.89 Å². The van der Waals surface area contributed by atoms with Crippen molar-refractivity contribution in [1.29, 1.82) is 0 Å². The van der Waals surface area contributed by atoms with Gasteiger partial charge in [0.2, 0.25) is 0 Å². The summed E-state index contributed by atoms with van der Waals surface area (Å²) in [6.45, 7) is 6.09. The van der Waals surface area contributed by atoms with Crippen molar-refractivity contribution in [3.05, 3.63) is 93.4 Å². The van der Waals surface area contributed by atoms with E-state index in [0.29, 0.717) is 16.5 Å². The van der Waals surface area contributed by atoms with Crippen molar-refractivity contribution in [1.82, 2.24) is 0 Å². The zero-order valence-electron chi connectivity index (χ0n) is 16.6. The summed E-state index contributed by atoms with van der Waals surface area (Å²) in [5, 5.41) is 3.26. The first-order chi connectivity index (χ1) is 13.8. The number of nitrogens with one attached hydrogen (secondary N) is 1. The highest BCUT2D eigenvalue weighted by Gasteiger charge is 2.23. The van der Waals surface area contributed by atoms with E-state index in [0.717, 1.165) is 4.47 Å². The number of amides is 1. The summed E-state index contributed by atoms with van der Waals surface area (Å²) < 4.78 is 6.67. The van der Waals surface area contributed by atoms with Crippen LogP contribution in [0.5, 0.6) is 5.75 Å². The fourth-order valence-corrected chi connectivity index (χ4v) is 3.78. The monoisotopic (exact) mass is 471 g/mol. The summed E-state index contributed by atoms with van der Waals surface area (Å²) in [5.74, 6) is 0.380.